The molecule has 0 spiro atoms. The van der Waals surface area contributed by atoms with Crippen LogP contribution in [0.3, 0.4) is 0 Å². The fraction of sp³-hybridized carbons (Fsp3) is 0.294. The predicted octanol–water partition coefficient (Wildman–Crippen LogP) is 3.36. The average Bonchev–Trinajstić information content (AvgIpc) is 3.38. The van der Waals surface area contributed by atoms with Crippen molar-refractivity contribution in [1.29, 1.82) is 0 Å². The van der Waals surface area contributed by atoms with Gasteiger partial charge in [-0.15, -0.1) is 5.10 Å². The third-order valence-electron chi connectivity index (χ3n) is 4.70. The van der Waals surface area contributed by atoms with Gasteiger partial charge in [-0.1, -0.05) is 22.8 Å². The quantitative estimate of drug-likeness (QED) is 0.526. The lowest BCUT2D eigenvalue weighted by atomic mass is 10.0. The Hall–Kier alpha value is -3.01. The van der Waals surface area contributed by atoms with Gasteiger partial charge in [0.15, 0.2) is 0 Å². The van der Waals surface area contributed by atoms with Crippen LogP contribution < -0.4 is 4.90 Å². The number of nitrogens with zero attached hydrogens (tertiary/aromatic N) is 6. The minimum Gasteiger partial charge on any atom is -0.401 e. The van der Waals surface area contributed by atoms with E-state index >= 15 is 0 Å². The zero-order valence-corrected chi connectivity index (χ0v) is 15.4. The SMILES string of the molecule is CC(F)(F)c1nnc(N2CCc3[nH]cnc3C2c2cc3cccc(Cl)n3n2)o1. The fourth-order valence-electron chi connectivity index (χ4n) is 3.43. The van der Waals surface area contributed by atoms with Crippen molar-refractivity contribution in [2.75, 3.05) is 11.4 Å². The zero-order valence-electron chi connectivity index (χ0n) is 14.6. The maximum atomic E-state index is 13.6. The first kappa shape index (κ1) is 17.1. The largest absolute Gasteiger partial charge is 0.401 e. The highest BCUT2D eigenvalue weighted by Crippen LogP contribution is 2.37. The predicted molar refractivity (Wildman–Crippen MR) is 95.5 cm³/mol. The standard InChI is InChI=1S/C17H14ClF2N7O/c1-17(19,20)15-23-24-16(28-15)26-6-5-10-13(22-8-21-10)14(26)11-7-9-3-2-4-12(18)27(9)25-11/h2-4,7-8,14H,5-6H2,1H3,(H,21,22). The molecule has 1 unspecified atom stereocenters. The molecule has 0 amide bonds. The van der Waals surface area contributed by atoms with E-state index in [9.17, 15) is 8.78 Å². The number of H-pyrrole nitrogens is 1. The molecule has 0 aromatic carbocycles. The third kappa shape index (κ3) is 2.63. The van der Waals surface area contributed by atoms with Crippen LogP contribution in [0.2, 0.25) is 5.15 Å². The van der Waals surface area contributed by atoms with Gasteiger partial charge < -0.3 is 14.3 Å². The van der Waals surface area contributed by atoms with Crippen molar-refractivity contribution in [1.82, 2.24) is 29.8 Å². The molecule has 5 rings (SSSR count). The van der Waals surface area contributed by atoms with Crippen LogP contribution in [-0.4, -0.2) is 36.3 Å². The van der Waals surface area contributed by atoms with Gasteiger partial charge in [-0.2, -0.15) is 13.9 Å². The van der Waals surface area contributed by atoms with E-state index in [1.807, 2.05) is 18.2 Å². The topological polar surface area (TPSA) is 88.1 Å². The number of alkyl halides is 2. The summed E-state index contributed by atoms with van der Waals surface area (Å²) >= 11 is 6.24. The summed E-state index contributed by atoms with van der Waals surface area (Å²) in [6, 6.07) is 6.83. The molecular formula is C17H14ClF2N7O. The molecule has 0 saturated carbocycles. The van der Waals surface area contributed by atoms with Crippen molar-refractivity contribution >= 4 is 23.1 Å². The fourth-order valence-corrected chi connectivity index (χ4v) is 3.63. The number of rotatable bonds is 3. The Morgan fingerprint density at radius 1 is 1.32 bits per heavy atom. The second kappa shape index (κ2) is 5.99. The van der Waals surface area contributed by atoms with Gasteiger partial charge in [-0.3, -0.25) is 0 Å². The van der Waals surface area contributed by atoms with Gasteiger partial charge in [0.1, 0.15) is 11.2 Å². The molecule has 1 atom stereocenters. The summed E-state index contributed by atoms with van der Waals surface area (Å²) in [6.45, 7) is 1.19. The van der Waals surface area contributed by atoms with Gasteiger partial charge in [-0.05, 0) is 18.2 Å². The first-order valence-electron chi connectivity index (χ1n) is 8.56. The molecule has 1 N–H and O–H groups in total. The number of aromatic nitrogens is 6. The van der Waals surface area contributed by atoms with Crippen LogP contribution in [0, 0.1) is 0 Å². The maximum absolute atomic E-state index is 13.6. The highest BCUT2D eigenvalue weighted by atomic mass is 35.5. The van der Waals surface area contributed by atoms with E-state index in [0.29, 0.717) is 30.7 Å². The smallest absolute Gasteiger partial charge is 0.321 e. The summed E-state index contributed by atoms with van der Waals surface area (Å²) in [5.41, 5.74) is 3.12. The van der Waals surface area contributed by atoms with Gasteiger partial charge in [0.05, 0.1) is 23.2 Å². The molecule has 4 aromatic rings. The van der Waals surface area contributed by atoms with Crippen LogP contribution in [0.25, 0.3) is 5.52 Å². The summed E-state index contributed by atoms with van der Waals surface area (Å²) < 4.78 is 34.0. The average molecular weight is 406 g/mol. The summed E-state index contributed by atoms with van der Waals surface area (Å²) in [5.74, 6) is -3.95. The van der Waals surface area contributed by atoms with Crippen molar-refractivity contribution in [3.63, 3.8) is 0 Å². The number of hydrogen-bond acceptors (Lipinski definition) is 6. The first-order valence-corrected chi connectivity index (χ1v) is 8.94. The van der Waals surface area contributed by atoms with Gasteiger partial charge in [0.2, 0.25) is 0 Å². The van der Waals surface area contributed by atoms with Gasteiger partial charge >= 0.3 is 11.9 Å². The number of pyridine rings is 1. The number of fused-ring (bicyclic) bond motifs is 2. The molecule has 0 saturated heterocycles. The van der Waals surface area contributed by atoms with E-state index < -0.39 is 17.9 Å². The first-order chi connectivity index (χ1) is 13.4. The second-order valence-electron chi connectivity index (χ2n) is 6.64. The molecule has 0 aliphatic carbocycles. The van der Waals surface area contributed by atoms with E-state index in [4.69, 9.17) is 16.0 Å². The maximum Gasteiger partial charge on any atom is 0.321 e. The van der Waals surface area contributed by atoms with Crippen LogP contribution in [0.5, 0.6) is 0 Å². The van der Waals surface area contributed by atoms with Crippen LogP contribution >= 0.6 is 11.6 Å². The van der Waals surface area contributed by atoms with Gasteiger partial charge in [-0.25, -0.2) is 9.50 Å². The van der Waals surface area contributed by atoms with Crippen molar-refractivity contribution in [3.05, 3.63) is 58.7 Å². The number of nitrogens with one attached hydrogen (secondary N) is 1. The molecule has 144 valence electrons. The summed E-state index contributed by atoms with van der Waals surface area (Å²) in [7, 11) is 0. The Labute approximate surface area is 162 Å². The highest BCUT2D eigenvalue weighted by Gasteiger charge is 2.38. The lowest BCUT2D eigenvalue weighted by Crippen LogP contribution is -2.37. The van der Waals surface area contributed by atoms with Gasteiger partial charge in [0, 0.05) is 25.6 Å². The number of halogens is 3. The second-order valence-corrected chi connectivity index (χ2v) is 7.03. The molecule has 0 bridgehead atoms. The molecule has 28 heavy (non-hydrogen) atoms. The number of anilines is 1. The van der Waals surface area contributed by atoms with Crippen molar-refractivity contribution in [2.24, 2.45) is 0 Å². The van der Waals surface area contributed by atoms with E-state index in [0.717, 1.165) is 16.9 Å². The molecule has 8 nitrogen and oxygen atoms in total. The Morgan fingerprint density at radius 3 is 2.93 bits per heavy atom. The third-order valence-corrected chi connectivity index (χ3v) is 4.99. The molecule has 4 aromatic heterocycles. The van der Waals surface area contributed by atoms with Crippen LogP contribution in [-0.2, 0) is 12.3 Å². The Kier molecular flexibility index (Phi) is 3.66. The molecule has 11 heteroatoms. The molecule has 1 aliphatic rings. The van der Waals surface area contributed by atoms with Crippen molar-refractivity contribution in [3.8, 4) is 0 Å². The Morgan fingerprint density at radius 2 is 2.18 bits per heavy atom. The van der Waals surface area contributed by atoms with E-state index in [1.54, 1.807) is 21.8 Å². The summed E-state index contributed by atoms with van der Waals surface area (Å²) in [5, 5.41) is 12.4. The molecular weight excluding hydrogens is 392 g/mol. The summed E-state index contributed by atoms with van der Waals surface area (Å²) in [6.07, 6.45) is 2.23. The Balaban J connectivity index is 1.64. The minimum absolute atomic E-state index is 0.00155. The van der Waals surface area contributed by atoms with E-state index in [1.165, 1.54) is 0 Å². The monoisotopic (exact) mass is 405 g/mol. The molecule has 1 aliphatic heterocycles. The molecule has 0 radical (unpaired) electrons. The normalized spacial score (nSPS) is 17.3. The Bertz CT molecular complexity index is 1160. The lowest BCUT2D eigenvalue weighted by Gasteiger charge is -2.32. The minimum atomic E-state index is -3.22. The number of imidazole rings is 1. The highest BCUT2D eigenvalue weighted by molar-refractivity contribution is 6.29. The molecule has 0 fully saturated rings. The number of aromatic amines is 1. The molecule has 5 heterocycles. The van der Waals surface area contributed by atoms with Crippen LogP contribution in [0.1, 0.15) is 35.9 Å². The van der Waals surface area contributed by atoms with E-state index in [-0.39, 0.29) is 6.01 Å². The zero-order chi connectivity index (χ0) is 19.5. The van der Waals surface area contributed by atoms with E-state index in [2.05, 4.69) is 25.3 Å². The summed E-state index contributed by atoms with van der Waals surface area (Å²) in [4.78, 5) is 9.28. The van der Waals surface area contributed by atoms with Crippen molar-refractivity contribution in [2.45, 2.75) is 25.3 Å². The van der Waals surface area contributed by atoms with Crippen molar-refractivity contribution < 1.29 is 13.2 Å². The lowest BCUT2D eigenvalue weighted by molar-refractivity contribution is -0.0107. The van der Waals surface area contributed by atoms with Gasteiger partial charge in [0.25, 0.3) is 5.89 Å². The van der Waals surface area contributed by atoms with Crippen LogP contribution in [0.4, 0.5) is 14.8 Å². The number of hydrogen-bond donors (Lipinski definition) is 1. The van der Waals surface area contributed by atoms with Crippen LogP contribution in [0.15, 0.2) is 35.0 Å².